The molecule has 0 amide bonds. The molecule has 0 N–H and O–H groups in total. The van der Waals surface area contributed by atoms with Crippen molar-refractivity contribution in [2.24, 2.45) is 0 Å². The van der Waals surface area contributed by atoms with E-state index in [0.717, 1.165) is 0 Å². The third-order valence-corrected chi connectivity index (χ3v) is 2.84. The van der Waals surface area contributed by atoms with Gasteiger partial charge in [0, 0.05) is 6.07 Å². The fraction of sp³-hybridized carbons (Fsp3) is 0.0667. The normalized spacial score (nSPS) is 10.4. The second-order valence-corrected chi connectivity index (χ2v) is 4.10. The molecule has 0 saturated carbocycles. The molecule has 3 rings (SSSR count). The second kappa shape index (κ2) is 5.05. The van der Waals surface area contributed by atoms with Crippen molar-refractivity contribution in [1.82, 2.24) is 4.98 Å². The van der Waals surface area contributed by atoms with E-state index in [1.54, 1.807) is 49.6 Å². The molecule has 0 spiro atoms. The number of oxazole rings is 1. The third kappa shape index (κ3) is 2.33. The van der Waals surface area contributed by atoms with Crippen LogP contribution < -0.4 is 9.47 Å². The number of aromatic nitrogens is 1. The molecule has 0 radical (unpaired) electrons. The lowest BCUT2D eigenvalue weighted by atomic mass is 10.2. The van der Waals surface area contributed by atoms with Crippen LogP contribution in [0.3, 0.4) is 0 Å². The van der Waals surface area contributed by atoms with Gasteiger partial charge in [-0.1, -0.05) is 0 Å². The minimum atomic E-state index is -0.435. The number of methoxy groups -OCH3 is 1. The molecule has 0 aliphatic heterocycles. The number of carbonyl (C=O) groups is 1. The van der Waals surface area contributed by atoms with Crippen LogP contribution in [0.25, 0.3) is 11.1 Å². The number of fused-ring (bicyclic) bond motifs is 1. The summed E-state index contributed by atoms with van der Waals surface area (Å²) in [5.41, 5.74) is 1.74. The van der Waals surface area contributed by atoms with Crippen LogP contribution in [-0.2, 0) is 0 Å². The van der Waals surface area contributed by atoms with Gasteiger partial charge in [0.25, 0.3) is 0 Å². The molecular formula is C15H11NO4. The smallest absolute Gasteiger partial charge is 0.343 e. The fourth-order valence-electron chi connectivity index (χ4n) is 1.79. The van der Waals surface area contributed by atoms with Gasteiger partial charge < -0.3 is 13.9 Å². The molecule has 0 atom stereocenters. The van der Waals surface area contributed by atoms with Gasteiger partial charge in [-0.2, -0.15) is 0 Å². The quantitative estimate of drug-likeness (QED) is 0.540. The van der Waals surface area contributed by atoms with Crippen LogP contribution >= 0.6 is 0 Å². The molecule has 20 heavy (non-hydrogen) atoms. The van der Waals surface area contributed by atoms with Gasteiger partial charge in [0.15, 0.2) is 12.0 Å². The SMILES string of the molecule is COc1ccc(C(=O)Oc2ccc3ocnc3c2)cc1. The highest BCUT2D eigenvalue weighted by Gasteiger charge is 2.10. The lowest BCUT2D eigenvalue weighted by Crippen LogP contribution is -2.08. The molecule has 1 aromatic heterocycles. The zero-order valence-corrected chi connectivity index (χ0v) is 10.7. The van der Waals surface area contributed by atoms with Crippen LogP contribution in [0.15, 0.2) is 53.3 Å². The van der Waals surface area contributed by atoms with Crippen molar-refractivity contribution in [3.8, 4) is 11.5 Å². The molecule has 0 unspecified atom stereocenters. The molecule has 1 heterocycles. The van der Waals surface area contributed by atoms with E-state index in [1.807, 2.05) is 0 Å². The van der Waals surface area contributed by atoms with Crippen molar-refractivity contribution in [2.45, 2.75) is 0 Å². The maximum atomic E-state index is 12.0. The summed E-state index contributed by atoms with van der Waals surface area (Å²) in [6, 6.07) is 11.7. The summed E-state index contributed by atoms with van der Waals surface area (Å²) < 4.78 is 15.4. The van der Waals surface area contributed by atoms with Crippen LogP contribution in [0.1, 0.15) is 10.4 Å². The highest BCUT2D eigenvalue weighted by molar-refractivity contribution is 5.91. The van der Waals surface area contributed by atoms with Gasteiger partial charge in [0.2, 0.25) is 0 Å². The first kappa shape index (κ1) is 12.2. The van der Waals surface area contributed by atoms with E-state index in [-0.39, 0.29) is 0 Å². The Labute approximate surface area is 114 Å². The van der Waals surface area contributed by atoms with Crippen LogP contribution in [-0.4, -0.2) is 18.1 Å². The fourth-order valence-corrected chi connectivity index (χ4v) is 1.79. The molecule has 0 saturated heterocycles. The number of carbonyl (C=O) groups excluding carboxylic acids is 1. The number of esters is 1. The summed E-state index contributed by atoms with van der Waals surface area (Å²) in [5.74, 6) is 0.674. The molecular weight excluding hydrogens is 258 g/mol. The number of benzene rings is 2. The summed E-state index contributed by atoms with van der Waals surface area (Å²) in [7, 11) is 1.57. The number of hydrogen-bond donors (Lipinski definition) is 0. The van der Waals surface area contributed by atoms with Gasteiger partial charge in [-0.05, 0) is 36.4 Å². The molecule has 0 fully saturated rings. The molecule has 3 aromatic rings. The number of ether oxygens (including phenoxy) is 2. The summed E-state index contributed by atoms with van der Waals surface area (Å²) in [5, 5.41) is 0. The van der Waals surface area contributed by atoms with Crippen molar-refractivity contribution >= 4 is 17.1 Å². The second-order valence-electron chi connectivity index (χ2n) is 4.10. The Morgan fingerprint density at radius 3 is 2.60 bits per heavy atom. The molecule has 5 nitrogen and oxygen atoms in total. The van der Waals surface area contributed by atoms with Crippen LogP contribution in [0.4, 0.5) is 0 Å². The van der Waals surface area contributed by atoms with Gasteiger partial charge in [-0.25, -0.2) is 9.78 Å². The topological polar surface area (TPSA) is 61.6 Å². The first-order valence-electron chi connectivity index (χ1n) is 5.96. The van der Waals surface area contributed by atoms with Crippen molar-refractivity contribution < 1.29 is 18.7 Å². The van der Waals surface area contributed by atoms with Crippen LogP contribution in [0.2, 0.25) is 0 Å². The predicted molar refractivity (Wildman–Crippen MR) is 72.0 cm³/mol. The number of nitrogens with zero attached hydrogens (tertiary/aromatic N) is 1. The van der Waals surface area contributed by atoms with E-state index >= 15 is 0 Å². The Hall–Kier alpha value is -2.82. The number of rotatable bonds is 3. The monoisotopic (exact) mass is 269 g/mol. The van der Waals surface area contributed by atoms with E-state index in [2.05, 4.69) is 4.98 Å². The van der Waals surface area contributed by atoms with Crippen LogP contribution in [0.5, 0.6) is 11.5 Å². The largest absolute Gasteiger partial charge is 0.497 e. The third-order valence-electron chi connectivity index (χ3n) is 2.84. The Balaban J connectivity index is 1.80. The Morgan fingerprint density at radius 1 is 1.10 bits per heavy atom. The van der Waals surface area contributed by atoms with Crippen molar-refractivity contribution in [2.75, 3.05) is 7.11 Å². The lowest BCUT2D eigenvalue weighted by Gasteiger charge is -2.05. The summed E-state index contributed by atoms with van der Waals surface area (Å²) in [6.07, 6.45) is 1.35. The van der Waals surface area contributed by atoms with E-state index < -0.39 is 5.97 Å². The Bertz CT molecular complexity index is 746. The van der Waals surface area contributed by atoms with E-state index in [9.17, 15) is 4.79 Å². The highest BCUT2D eigenvalue weighted by Crippen LogP contribution is 2.21. The van der Waals surface area contributed by atoms with Crippen molar-refractivity contribution in [3.63, 3.8) is 0 Å². The van der Waals surface area contributed by atoms with Gasteiger partial charge in [0.05, 0.1) is 12.7 Å². The van der Waals surface area contributed by atoms with E-state index in [0.29, 0.717) is 28.2 Å². The molecule has 100 valence electrons. The first-order valence-corrected chi connectivity index (χ1v) is 5.96. The van der Waals surface area contributed by atoms with Gasteiger partial charge in [0.1, 0.15) is 17.0 Å². The Morgan fingerprint density at radius 2 is 1.85 bits per heavy atom. The zero-order chi connectivity index (χ0) is 13.9. The lowest BCUT2D eigenvalue weighted by molar-refractivity contribution is 0.0735. The summed E-state index contributed by atoms with van der Waals surface area (Å²) in [4.78, 5) is 16.0. The molecule has 2 aromatic carbocycles. The molecule has 5 heteroatoms. The zero-order valence-electron chi connectivity index (χ0n) is 10.7. The maximum Gasteiger partial charge on any atom is 0.343 e. The summed E-state index contributed by atoms with van der Waals surface area (Å²) in [6.45, 7) is 0. The minimum absolute atomic E-state index is 0.423. The molecule has 0 aliphatic carbocycles. The van der Waals surface area contributed by atoms with Crippen molar-refractivity contribution in [3.05, 3.63) is 54.4 Å². The Kier molecular flexibility index (Phi) is 3.09. The van der Waals surface area contributed by atoms with E-state index in [4.69, 9.17) is 13.9 Å². The van der Waals surface area contributed by atoms with Gasteiger partial charge in [-0.15, -0.1) is 0 Å². The van der Waals surface area contributed by atoms with Crippen LogP contribution in [0, 0.1) is 0 Å². The van der Waals surface area contributed by atoms with E-state index in [1.165, 1.54) is 6.39 Å². The van der Waals surface area contributed by atoms with Gasteiger partial charge in [-0.3, -0.25) is 0 Å². The average Bonchev–Trinajstić information content (AvgIpc) is 2.95. The predicted octanol–water partition coefficient (Wildman–Crippen LogP) is 3.06. The van der Waals surface area contributed by atoms with Crippen molar-refractivity contribution in [1.29, 1.82) is 0 Å². The maximum absolute atomic E-state index is 12.0. The highest BCUT2D eigenvalue weighted by atomic mass is 16.5. The minimum Gasteiger partial charge on any atom is -0.497 e. The summed E-state index contributed by atoms with van der Waals surface area (Å²) >= 11 is 0. The standard InChI is InChI=1S/C15H11NO4/c1-18-11-4-2-10(3-5-11)15(17)20-12-6-7-14-13(8-12)16-9-19-14/h2-9H,1H3. The average molecular weight is 269 g/mol. The first-order chi connectivity index (χ1) is 9.76. The molecule has 0 bridgehead atoms. The molecule has 0 aliphatic rings. The number of hydrogen-bond acceptors (Lipinski definition) is 5. The van der Waals surface area contributed by atoms with Gasteiger partial charge >= 0.3 is 5.97 Å².